The summed E-state index contributed by atoms with van der Waals surface area (Å²) in [6, 6.07) is 3.72. The summed E-state index contributed by atoms with van der Waals surface area (Å²) in [7, 11) is 0. The number of amides is 2. The van der Waals surface area contributed by atoms with Gasteiger partial charge in [-0.15, -0.1) is 0 Å². The molecule has 1 atom stereocenters. The van der Waals surface area contributed by atoms with Gasteiger partial charge < -0.3 is 5.32 Å². The maximum absolute atomic E-state index is 11.9. The fourth-order valence-corrected chi connectivity index (χ4v) is 2.15. The van der Waals surface area contributed by atoms with Crippen LogP contribution in [-0.4, -0.2) is 28.2 Å². The van der Waals surface area contributed by atoms with Gasteiger partial charge in [0.2, 0.25) is 11.8 Å². The summed E-state index contributed by atoms with van der Waals surface area (Å²) in [5, 5.41) is 3.22. The smallest absolute Gasteiger partial charge is 0.232 e. The number of hydrogen-bond acceptors (Lipinski definition) is 4. The minimum atomic E-state index is -0.198. The van der Waals surface area contributed by atoms with Crippen LogP contribution in [0.2, 0.25) is 0 Å². The second kappa shape index (κ2) is 5.82. The molecule has 2 amide bonds. The van der Waals surface area contributed by atoms with Gasteiger partial charge in [-0.1, -0.05) is 19.9 Å². The van der Waals surface area contributed by atoms with Gasteiger partial charge in [0.25, 0.3) is 0 Å². The second-order valence-corrected chi connectivity index (χ2v) is 4.86. The number of aromatic nitrogens is 1. The number of imide groups is 1. The van der Waals surface area contributed by atoms with Crippen molar-refractivity contribution in [1.82, 2.24) is 9.88 Å². The fraction of sp³-hybridized carbons (Fsp3) is 0.500. The first-order valence-electron chi connectivity index (χ1n) is 6.65. The van der Waals surface area contributed by atoms with E-state index in [-0.39, 0.29) is 17.7 Å². The first-order valence-corrected chi connectivity index (χ1v) is 6.65. The Labute approximate surface area is 113 Å². The molecule has 102 valence electrons. The highest BCUT2D eigenvalue weighted by molar-refractivity contribution is 6.03. The molecule has 1 N–H and O–H groups in total. The lowest BCUT2D eigenvalue weighted by molar-refractivity contribution is -0.139. The molecule has 1 aliphatic rings. The standard InChI is InChI=1S/C14H19N3O2/c1-3-6-15-13-11(5-4-7-16-13)9-17-12(18)8-10(2)14(17)19/h4-5,7,10H,3,6,8-9H2,1-2H3,(H,15,16). The number of rotatable bonds is 5. The molecule has 0 aliphatic carbocycles. The molecule has 0 aromatic carbocycles. The van der Waals surface area contributed by atoms with E-state index in [0.717, 1.165) is 24.3 Å². The van der Waals surface area contributed by atoms with Crippen molar-refractivity contribution >= 4 is 17.6 Å². The van der Waals surface area contributed by atoms with Gasteiger partial charge in [-0.3, -0.25) is 14.5 Å². The number of likely N-dealkylation sites (tertiary alicyclic amines) is 1. The van der Waals surface area contributed by atoms with Crippen LogP contribution in [-0.2, 0) is 16.1 Å². The quantitative estimate of drug-likeness (QED) is 0.821. The molecule has 2 heterocycles. The maximum Gasteiger partial charge on any atom is 0.232 e. The van der Waals surface area contributed by atoms with Gasteiger partial charge in [0.1, 0.15) is 5.82 Å². The van der Waals surface area contributed by atoms with Crippen LogP contribution in [0.25, 0.3) is 0 Å². The summed E-state index contributed by atoms with van der Waals surface area (Å²) in [5.41, 5.74) is 0.881. The molecule has 0 spiro atoms. The Bertz CT molecular complexity index is 487. The van der Waals surface area contributed by atoms with Gasteiger partial charge in [0.15, 0.2) is 0 Å². The summed E-state index contributed by atoms with van der Waals surface area (Å²) in [4.78, 5) is 29.3. The van der Waals surface area contributed by atoms with Crippen molar-refractivity contribution in [3.05, 3.63) is 23.9 Å². The van der Waals surface area contributed by atoms with E-state index in [4.69, 9.17) is 0 Å². The molecule has 1 saturated heterocycles. The summed E-state index contributed by atoms with van der Waals surface area (Å²) in [6.45, 7) is 4.99. The first kappa shape index (κ1) is 13.5. The lowest BCUT2D eigenvalue weighted by Crippen LogP contribution is -2.30. The van der Waals surface area contributed by atoms with Crippen molar-refractivity contribution < 1.29 is 9.59 Å². The molecule has 1 aromatic heterocycles. The Morgan fingerprint density at radius 3 is 2.89 bits per heavy atom. The van der Waals surface area contributed by atoms with Crippen LogP contribution in [0.15, 0.2) is 18.3 Å². The highest BCUT2D eigenvalue weighted by Crippen LogP contribution is 2.23. The predicted octanol–water partition coefficient (Wildman–Crippen LogP) is 1.80. The average Bonchev–Trinajstić information content (AvgIpc) is 2.64. The van der Waals surface area contributed by atoms with E-state index in [1.165, 1.54) is 4.90 Å². The number of carbonyl (C=O) groups is 2. The Kier molecular flexibility index (Phi) is 4.14. The summed E-state index contributed by atoms with van der Waals surface area (Å²) < 4.78 is 0. The topological polar surface area (TPSA) is 62.3 Å². The van der Waals surface area contributed by atoms with Crippen molar-refractivity contribution in [2.75, 3.05) is 11.9 Å². The minimum Gasteiger partial charge on any atom is -0.370 e. The molecule has 1 unspecified atom stereocenters. The van der Waals surface area contributed by atoms with E-state index in [1.807, 2.05) is 12.1 Å². The van der Waals surface area contributed by atoms with Gasteiger partial charge >= 0.3 is 0 Å². The van der Waals surface area contributed by atoms with E-state index in [9.17, 15) is 9.59 Å². The maximum atomic E-state index is 11.9. The minimum absolute atomic E-state index is 0.0877. The number of pyridine rings is 1. The first-order chi connectivity index (χ1) is 9.13. The van der Waals surface area contributed by atoms with E-state index >= 15 is 0 Å². The van der Waals surface area contributed by atoms with Crippen LogP contribution < -0.4 is 5.32 Å². The van der Waals surface area contributed by atoms with Crippen molar-refractivity contribution in [1.29, 1.82) is 0 Å². The van der Waals surface area contributed by atoms with Crippen LogP contribution >= 0.6 is 0 Å². The van der Waals surface area contributed by atoms with Gasteiger partial charge in [-0.2, -0.15) is 0 Å². The molecule has 1 fully saturated rings. The summed E-state index contributed by atoms with van der Waals surface area (Å²) in [6.07, 6.45) is 3.02. The van der Waals surface area contributed by atoms with E-state index in [1.54, 1.807) is 13.1 Å². The number of nitrogens with one attached hydrogen (secondary N) is 1. The molecule has 2 rings (SSSR count). The number of nitrogens with zero attached hydrogens (tertiary/aromatic N) is 2. The summed E-state index contributed by atoms with van der Waals surface area (Å²) in [5.74, 6) is 0.374. The molecule has 1 aliphatic heterocycles. The Hall–Kier alpha value is -1.91. The molecular formula is C14H19N3O2. The fourth-order valence-electron chi connectivity index (χ4n) is 2.15. The molecule has 5 heteroatoms. The molecule has 0 saturated carbocycles. The molecule has 0 bridgehead atoms. The zero-order valence-corrected chi connectivity index (χ0v) is 11.3. The van der Waals surface area contributed by atoms with Crippen LogP contribution in [0, 0.1) is 5.92 Å². The van der Waals surface area contributed by atoms with Crippen LogP contribution in [0.3, 0.4) is 0 Å². The lowest BCUT2D eigenvalue weighted by Gasteiger charge is -2.17. The van der Waals surface area contributed by atoms with Gasteiger partial charge in [0.05, 0.1) is 6.54 Å². The van der Waals surface area contributed by atoms with Gasteiger partial charge in [-0.05, 0) is 12.5 Å². The van der Waals surface area contributed by atoms with Crippen LogP contribution in [0.5, 0.6) is 0 Å². The van der Waals surface area contributed by atoms with E-state index in [2.05, 4.69) is 17.2 Å². The highest BCUT2D eigenvalue weighted by Gasteiger charge is 2.35. The molecule has 5 nitrogen and oxygen atoms in total. The molecule has 0 radical (unpaired) electrons. The SMILES string of the molecule is CCCNc1ncccc1CN1C(=O)CC(C)C1=O. The zero-order chi connectivity index (χ0) is 13.8. The predicted molar refractivity (Wildman–Crippen MR) is 72.4 cm³/mol. The zero-order valence-electron chi connectivity index (χ0n) is 11.3. The lowest BCUT2D eigenvalue weighted by atomic mass is 10.1. The van der Waals surface area contributed by atoms with Gasteiger partial charge in [-0.25, -0.2) is 4.98 Å². The monoisotopic (exact) mass is 261 g/mol. The normalized spacial score (nSPS) is 19.1. The van der Waals surface area contributed by atoms with Crippen molar-refractivity contribution in [3.63, 3.8) is 0 Å². The Balaban J connectivity index is 2.14. The van der Waals surface area contributed by atoms with Crippen molar-refractivity contribution in [2.24, 2.45) is 5.92 Å². The van der Waals surface area contributed by atoms with E-state index < -0.39 is 0 Å². The van der Waals surface area contributed by atoms with Crippen LogP contribution in [0.4, 0.5) is 5.82 Å². The third kappa shape index (κ3) is 2.92. The summed E-state index contributed by atoms with van der Waals surface area (Å²) >= 11 is 0. The number of hydrogen-bond donors (Lipinski definition) is 1. The number of carbonyl (C=O) groups excluding carboxylic acids is 2. The van der Waals surface area contributed by atoms with Crippen molar-refractivity contribution in [2.45, 2.75) is 33.2 Å². The van der Waals surface area contributed by atoms with Crippen LogP contribution in [0.1, 0.15) is 32.3 Å². The largest absolute Gasteiger partial charge is 0.370 e. The van der Waals surface area contributed by atoms with Gasteiger partial charge in [0, 0.05) is 30.6 Å². The average molecular weight is 261 g/mol. The Morgan fingerprint density at radius 2 is 2.26 bits per heavy atom. The molecule has 1 aromatic rings. The third-order valence-electron chi connectivity index (χ3n) is 3.23. The van der Waals surface area contributed by atoms with E-state index in [0.29, 0.717) is 13.0 Å². The van der Waals surface area contributed by atoms with Crippen molar-refractivity contribution in [3.8, 4) is 0 Å². The molecule has 19 heavy (non-hydrogen) atoms. The number of anilines is 1. The third-order valence-corrected chi connectivity index (χ3v) is 3.23. The second-order valence-electron chi connectivity index (χ2n) is 4.86. The highest BCUT2D eigenvalue weighted by atomic mass is 16.2. The Morgan fingerprint density at radius 1 is 1.47 bits per heavy atom. The molecular weight excluding hydrogens is 242 g/mol.